The van der Waals surface area contributed by atoms with Crippen LogP contribution in [0.4, 0.5) is 4.39 Å². The Balaban J connectivity index is 2.04. The average Bonchev–Trinajstić information content (AvgIpc) is 2.81. The Kier molecular flexibility index (Phi) is 3.09. The van der Waals surface area contributed by atoms with Gasteiger partial charge in [0.05, 0.1) is 4.88 Å². The summed E-state index contributed by atoms with van der Waals surface area (Å²) in [6, 6.07) is 13.1. The van der Waals surface area contributed by atoms with E-state index in [1.54, 1.807) is 36.4 Å². The van der Waals surface area contributed by atoms with Crippen LogP contribution in [0.3, 0.4) is 0 Å². The zero-order valence-corrected chi connectivity index (χ0v) is 11.3. The molecule has 19 heavy (non-hydrogen) atoms. The molecule has 0 aliphatic carbocycles. The number of carbonyl (C=O) groups excluding carboxylic acids is 1. The molecule has 0 radical (unpaired) electrons. The molecule has 0 unspecified atom stereocenters. The maximum absolute atomic E-state index is 13.1. The molecular weight excluding hydrogens is 283 g/mol. The number of benzene rings is 2. The molecule has 1 heterocycles. The van der Waals surface area contributed by atoms with E-state index in [2.05, 4.69) is 0 Å². The number of halogens is 2. The van der Waals surface area contributed by atoms with Crippen molar-refractivity contribution in [2.75, 3.05) is 0 Å². The fraction of sp³-hybridized carbons (Fsp3) is 0. The second-order valence-corrected chi connectivity index (χ2v) is 5.65. The summed E-state index contributed by atoms with van der Waals surface area (Å²) in [6.45, 7) is 0. The third-order valence-corrected chi connectivity index (χ3v) is 4.16. The van der Waals surface area contributed by atoms with Gasteiger partial charge >= 0.3 is 0 Å². The number of fused-ring (bicyclic) bond motifs is 1. The van der Waals surface area contributed by atoms with Gasteiger partial charge in [0.2, 0.25) is 5.78 Å². The van der Waals surface area contributed by atoms with E-state index in [0.717, 1.165) is 10.1 Å². The van der Waals surface area contributed by atoms with Crippen molar-refractivity contribution in [3.05, 3.63) is 69.8 Å². The number of hydrogen-bond donors (Lipinski definition) is 0. The molecule has 0 atom stereocenters. The predicted molar refractivity (Wildman–Crippen MR) is 76.7 cm³/mol. The van der Waals surface area contributed by atoms with Crippen molar-refractivity contribution in [2.45, 2.75) is 0 Å². The molecule has 0 aliphatic heterocycles. The lowest BCUT2D eigenvalue weighted by Crippen LogP contribution is -1.97. The van der Waals surface area contributed by atoms with E-state index < -0.39 is 0 Å². The Morgan fingerprint density at radius 1 is 1.05 bits per heavy atom. The summed E-state index contributed by atoms with van der Waals surface area (Å²) < 4.78 is 13.9. The second-order valence-electron chi connectivity index (χ2n) is 4.13. The van der Waals surface area contributed by atoms with Gasteiger partial charge in [-0.15, -0.1) is 11.3 Å². The molecule has 2 aromatic carbocycles. The highest BCUT2D eigenvalue weighted by Crippen LogP contribution is 2.28. The van der Waals surface area contributed by atoms with Crippen molar-refractivity contribution in [1.82, 2.24) is 0 Å². The Labute approximate surface area is 118 Å². The van der Waals surface area contributed by atoms with Gasteiger partial charge in [0.15, 0.2) is 0 Å². The summed E-state index contributed by atoms with van der Waals surface area (Å²) in [5, 5.41) is 1.47. The Morgan fingerprint density at radius 3 is 2.53 bits per heavy atom. The van der Waals surface area contributed by atoms with Crippen LogP contribution < -0.4 is 0 Å². The zero-order valence-electron chi connectivity index (χ0n) is 9.69. The smallest absolute Gasteiger partial charge is 0.202 e. The van der Waals surface area contributed by atoms with Crippen LogP contribution in [0, 0.1) is 5.82 Å². The van der Waals surface area contributed by atoms with Gasteiger partial charge in [0.25, 0.3) is 0 Å². The Morgan fingerprint density at radius 2 is 1.79 bits per heavy atom. The third-order valence-electron chi connectivity index (χ3n) is 2.81. The molecule has 4 heteroatoms. The molecule has 0 fully saturated rings. The molecular formula is C15H8ClFOS. The molecule has 0 N–H and O–H groups in total. The van der Waals surface area contributed by atoms with Crippen LogP contribution in [-0.2, 0) is 0 Å². The topological polar surface area (TPSA) is 17.1 Å². The van der Waals surface area contributed by atoms with E-state index in [1.165, 1.54) is 23.5 Å². The van der Waals surface area contributed by atoms with E-state index in [4.69, 9.17) is 11.6 Å². The molecule has 1 nitrogen and oxygen atoms in total. The van der Waals surface area contributed by atoms with E-state index >= 15 is 0 Å². The molecule has 0 amide bonds. The molecule has 3 rings (SSSR count). The van der Waals surface area contributed by atoms with Crippen molar-refractivity contribution in [3.63, 3.8) is 0 Å². The van der Waals surface area contributed by atoms with Crippen LogP contribution in [0.25, 0.3) is 10.1 Å². The molecule has 94 valence electrons. The van der Waals surface area contributed by atoms with E-state index in [1.807, 2.05) is 0 Å². The van der Waals surface area contributed by atoms with Crippen molar-refractivity contribution < 1.29 is 9.18 Å². The molecule has 0 saturated carbocycles. The van der Waals surface area contributed by atoms with Gasteiger partial charge in [0, 0.05) is 15.3 Å². The van der Waals surface area contributed by atoms with Gasteiger partial charge in [-0.05, 0) is 47.9 Å². The lowest BCUT2D eigenvalue weighted by molar-refractivity contribution is 0.104. The Bertz CT molecular complexity index is 761. The second kappa shape index (κ2) is 4.76. The monoisotopic (exact) mass is 290 g/mol. The molecule has 3 aromatic rings. The summed E-state index contributed by atoms with van der Waals surface area (Å²) in [7, 11) is 0. The first-order valence-electron chi connectivity index (χ1n) is 5.63. The lowest BCUT2D eigenvalue weighted by Gasteiger charge is -1.97. The molecule has 0 saturated heterocycles. The van der Waals surface area contributed by atoms with E-state index in [0.29, 0.717) is 15.5 Å². The molecule has 0 spiro atoms. The summed E-state index contributed by atoms with van der Waals surface area (Å²) >= 11 is 7.09. The molecule has 0 bridgehead atoms. The quantitative estimate of drug-likeness (QED) is 0.612. The fourth-order valence-electron chi connectivity index (χ4n) is 1.86. The minimum atomic E-state index is -0.292. The highest BCUT2D eigenvalue weighted by Gasteiger charge is 2.12. The predicted octanol–water partition coefficient (Wildman–Crippen LogP) is 4.92. The summed E-state index contributed by atoms with van der Waals surface area (Å²) in [5.41, 5.74) is 0.580. The number of ketones is 1. The van der Waals surface area contributed by atoms with Crippen molar-refractivity contribution >= 4 is 38.8 Å². The maximum Gasteiger partial charge on any atom is 0.202 e. The largest absolute Gasteiger partial charge is 0.288 e. The summed E-state index contributed by atoms with van der Waals surface area (Å²) in [4.78, 5) is 12.9. The Hall–Kier alpha value is -1.71. The number of rotatable bonds is 2. The van der Waals surface area contributed by atoms with Crippen molar-refractivity contribution in [1.29, 1.82) is 0 Å². The minimum Gasteiger partial charge on any atom is -0.288 e. The zero-order chi connectivity index (χ0) is 13.4. The van der Waals surface area contributed by atoms with Crippen LogP contribution in [0.2, 0.25) is 5.02 Å². The maximum atomic E-state index is 13.1. The first-order chi connectivity index (χ1) is 9.13. The number of thiophene rings is 1. The summed E-state index contributed by atoms with van der Waals surface area (Å²) in [5.74, 6) is -0.363. The van der Waals surface area contributed by atoms with E-state index in [9.17, 15) is 9.18 Å². The third kappa shape index (κ3) is 2.39. The van der Waals surface area contributed by atoms with Crippen LogP contribution in [0.5, 0.6) is 0 Å². The minimum absolute atomic E-state index is 0.0710. The normalized spacial score (nSPS) is 10.8. The van der Waals surface area contributed by atoms with Crippen LogP contribution in [0.1, 0.15) is 15.2 Å². The van der Waals surface area contributed by atoms with Gasteiger partial charge in [0.1, 0.15) is 5.82 Å². The fourth-order valence-corrected chi connectivity index (χ4v) is 3.04. The van der Waals surface area contributed by atoms with Crippen molar-refractivity contribution in [3.8, 4) is 0 Å². The van der Waals surface area contributed by atoms with Crippen LogP contribution >= 0.6 is 22.9 Å². The molecule has 0 aliphatic rings. The van der Waals surface area contributed by atoms with Gasteiger partial charge in [-0.3, -0.25) is 4.79 Å². The average molecular weight is 291 g/mol. The highest BCUT2D eigenvalue weighted by molar-refractivity contribution is 7.21. The van der Waals surface area contributed by atoms with Gasteiger partial charge in [-0.25, -0.2) is 4.39 Å². The van der Waals surface area contributed by atoms with Gasteiger partial charge in [-0.2, -0.15) is 0 Å². The SMILES string of the molecule is O=C(c1ccc(Cl)cc1)c1cc2ccc(F)cc2s1. The number of carbonyl (C=O) groups is 1. The standard InChI is InChI=1S/C15H8ClFOS/c16-11-4-1-9(2-5-11)15(18)14-7-10-3-6-12(17)8-13(10)19-14/h1-8H. The molecule has 1 aromatic heterocycles. The van der Waals surface area contributed by atoms with Crippen LogP contribution in [0.15, 0.2) is 48.5 Å². The highest BCUT2D eigenvalue weighted by atomic mass is 35.5. The summed E-state index contributed by atoms with van der Waals surface area (Å²) in [6.07, 6.45) is 0. The van der Waals surface area contributed by atoms with Gasteiger partial charge < -0.3 is 0 Å². The van der Waals surface area contributed by atoms with Crippen LogP contribution in [-0.4, -0.2) is 5.78 Å². The van der Waals surface area contributed by atoms with E-state index in [-0.39, 0.29) is 11.6 Å². The van der Waals surface area contributed by atoms with Gasteiger partial charge in [-0.1, -0.05) is 17.7 Å². The number of hydrogen-bond acceptors (Lipinski definition) is 2. The lowest BCUT2D eigenvalue weighted by atomic mass is 10.1. The first kappa shape index (κ1) is 12.3. The first-order valence-corrected chi connectivity index (χ1v) is 6.82. The van der Waals surface area contributed by atoms with Crippen molar-refractivity contribution in [2.24, 2.45) is 0 Å².